The summed E-state index contributed by atoms with van der Waals surface area (Å²) in [6.07, 6.45) is -0.398. The summed E-state index contributed by atoms with van der Waals surface area (Å²) >= 11 is 0. The van der Waals surface area contributed by atoms with Crippen molar-refractivity contribution in [1.82, 2.24) is 5.32 Å². The van der Waals surface area contributed by atoms with Gasteiger partial charge in [-0.25, -0.2) is 0 Å². The maximum atomic E-state index is 12.3. The van der Waals surface area contributed by atoms with Crippen LogP contribution in [0.5, 0.6) is 5.75 Å². The van der Waals surface area contributed by atoms with Crippen molar-refractivity contribution in [3.8, 4) is 5.75 Å². The number of carbonyl (C=O) groups is 1. The van der Waals surface area contributed by atoms with Gasteiger partial charge in [-0.05, 0) is 39.9 Å². The third-order valence-corrected chi connectivity index (χ3v) is 4.81. The van der Waals surface area contributed by atoms with E-state index in [-0.39, 0.29) is 18.4 Å². The van der Waals surface area contributed by atoms with Crippen molar-refractivity contribution in [2.24, 2.45) is 0 Å². The van der Waals surface area contributed by atoms with Crippen LogP contribution in [0.2, 0.25) is 0 Å². The fraction of sp³-hybridized carbons (Fsp3) is 0.261. The van der Waals surface area contributed by atoms with Crippen LogP contribution in [0.4, 0.5) is 0 Å². The Hall–Kier alpha value is -2.85. The number of hydrogen-bond donors (Lipinski definition) is 2. The third-order valence-electron chi connectivity index (χ3n) is 4.81. The predicted octanol–water partition coefficient (Wildman–Crippen LogP) is 4.19. The van der Waals surface area contributed by atoms with E-state index in [9.17, 15) is 9.90 Å². The Labute approximate surface area is 159 Å². The molecule has 0 heterocycles. The van der Waals surface area contributed by atoms with E-state index in [2.05, 4.69) is 5.32 Å². The zero-order chi connectivity index (χ0) is 19.2. The molecule has 3 aromatic rings. The van der Waals surface area contributed by atoms with Gasteiger partial charge in [0, 0.05) is 13.0 Å². The Morgan fingerprint density at radius 2 is 1.74 bits per heavy atom. The predicted molar refractivity (Wildman–Crippen MR) is 108 cm³/mol. The van der Waals surface area contributed by atoms with Gasteiger partial charge in [0.05, 0.1) is 13.2 Å². The molecule has 0 saturated carbocycles. The maximum absolute atomic E-state index is 12.3. The summed E-state index contributed by atoms with van der Waals surface area (Å²) in [5, 5.41) is 15.5. The van der Waals surface area contributed by atoms with Crippen LogP contribution in [0.15, 0.2) is 66.7 Å². The van der Waals surface area contributed by atoms with E-state index in [0.29, 0.717) is 6.42 Å². The van der Waals surface area contributed by atoms with Gasteiger partial charge in [-0.3, -0.25) is 4.79 Å². The highest BCUT2D eigenvalue weighted by molar-refractivity contribution is 5.83. The molecule has 4 nitrogen and oxygen atoms in total. The average molecular weight is 363 g/mol. The van der Waals surface area contributed by atoms with Gasteiger partial charge in [-0.15, -0.1) is 0 Å². The minimum Gasteiger partial charge on any atom is -0.496 e. The van der Waals surface area contributed by atoms with Crippen LogP contribution >= 0.6 is 0 Å². The lowest BCUT2D eigenvalue weighted by Gasteiger charge is -2.17. The van der Waals surface area contributed by atoms with Gasteiger partial charge in [0.15, 0.2) is 0 Å². The van der Waals surface area contributed by atoms with Gasteiger partial charge >= 0.3 is 0 Å². The zero-order valence-corrected chi connectivity index (χ0v) is 15.7. The molecule has 3 rings (SSSR count). The summed E-state index contributed by atoms with van der Waals surface area (Å²) in [5.74, 6) is 0.723. The van der Waals surface area contributed by atoms with Crippen molar-refractivity contribution in [2.75, 3.05) is 13.7 Å². The van der Waals surface area contributed by atoms with Gasteiger partial charge in [0.2, 0.25) is 5.91 Å². The molecule has 4 heteroatoms. The second-order valence-electron chi connectivity index (χ2n) is 6.77. The second-order valence-corrected chi connectivity index (χ2v) is 6.77. The standard InChI is InChI=1S/C23H25NO3/c1-16(20-9-5-6-10-22(20)27-2)13-23(26)24-15-21(25)19-12-11-17-7-3-4-8-18(17)14-19/h3-12,14,16,21,25H,13,15H2,1-2H3,(H,24,26). The molecule has 2 N–H and O–H groups in total. The van der Waals surface area contributed by atoms with Crippen LogP contribution in [0.25, 0.3) is 10.8 Å². The van der Waals surface area contributed by atoms with Crippen LogP contribution in [-0.4, -0.2) is 24.7 Å². The molecule has 0 spiro atoms. The van der Waals surface area contributed by atoms with Gasteiger partial charge < -0.3 is 15.2 Å². The van der Waals surface area contributed by atoms with Gasteiger partial charge in [0.25, 0.3) is 0 Å². The van der Waals surface area contributed by atoms with E-state index in [0.717, 1.165) is 27.6 Å². The molecule has 0 aliphatic carbocycles. The lowest BCUT2D eigenvalue weighted by molar-refractivity contribution is -0.121. The number of para-hydroxylation sites is 1. The van der Waals surface area contributed by atoms with Gasteiger partial charge in [-0.2, -0.15) is 0 Å². The van der Waals surface area contributed by atoms with Crippen LogP contribution in [0.1, 0.15) is 36.5 Å². The van der Waals surface area contributed by atoms with E-state index in [1.807, 2.05) is 73.7 Å². The number of benzene rings is 3. The summed E-state index contributed by atoms with van der Waals surface area (Å²) < 4.78 is 5.37. The first-order valence-electron chi connectivity index (χ1n) is 9.15. The van der Waals surface area contributed by atoms with Crippen LogP contribution in [0, 0.1) is 0 Å². The molecule has 3 aromatic carbocycles. The van der Waals surface area contributed by atoms with Crippen molar-refractivity contribution in [3.63, 3.8) is 0 Å². The summed E-state index contributed by atoms with van der Waals surface area (Å²) in [6, 6.07) is 21.6. The van der Waals surface area contributed by atoms with E-state index in [1.54, 1.807) is 7.11 Å². The lowest BCUT2D eigenvalue weighted by atomic mass is 9.96. The minimum atomic E-state index is -0.736. The Morgan fingerprint density at radius 1 is 1.04 bits per heavy atom. The molecule has 140 valence electrons. The molecule has 0 aliphatic heterocycles. The van der Waals surface area contributed by atoms with E-state index < -0.39 is 6.10 Å². The highest BCUT2D eigenvalue weighted by Gasteiger charge is 2.16. The first-order valence-corrected chi connectivity index (χ1v) is 9.15. The lowest BCUT2D eigenvalue weighted by Crippen LogP contribution is -2.29. The summed E-state index contributed by atoms with van der Waals surface area (Å²) in [6.45, 7) is 2.19. The summed E-state index contributed by atoms with van der Waals surface area (Å²) in [4.78, 5) is 12.3. The Kier molecular flexibility index (Phi) is 6.09. The molecule has 27 heavy (non-hydrogen) atoms. The minimum absolute atomic E-state index is 0.0268. The van der Waals surface area contributed by atoms with Crippen LogP contribution in [-0.2, 0) is 4.79 Å². The van der Waals surface area contributed by atoms with Gasteiger partial charge in [0.1, 0.15) is 5.75 Å². The maximum Gasteiger partial charge on any atom is 0.220 e. The Balaban J connectivity index is 1.57. The van der Waals surface area contributed by atoms with Crippen molar-refractivity contribution in [2.45, 2.75) is 25.4 Å². The number of amides is 1. The SMILES string of the molecule is COc1ccccc1C(C)CC(=O)NCC(O)c1ccc2ccccc2c1. The highest BCUT2D eigenvalue weighted by atomic mass is 16.5. The topological polar surface area (TPSA) is 58.6 Å². The van der Waals surface area contributed by atoms with Crippen molar-refractivity contribution < 1.29 is 14.6 Å². The molecular weight excluding hydrogens is 338 g/mol. The highest BCUT2D eigenvalue weighted by Crippen LogP contribution is 2.28. The Bertz CT molecular complexity index is 922. The normalized spacial score (nSPS) is 13.1. The zero-order valence-electron chi connectivity index (χ0n) is 15.7. The molecule has 0 fully saturated rings. The average Bonchev–Trinajstić information content (AvgIpc) is 2.71. The van der Waals surface area contributed by atoms with Crippen molar-refractivity contribution in [3.05, 3.63) is 77.9 Å². The number of aliphatic hydroxyl groups is 1. The summed E-state index contributed by atoms with van der Waals surface area (Å²) in [7, 11) is 1.63. The molecule has 0 saturated heterocycles. The third kappa shape index (κ3) is 4.66. The number of nitrogens with one attached hydrogen (secondary N) is 1. The molecule has 0 radical (unpaired) electrons. The quantitative estimate of drug-likeness (QED) is 0.662. The van der Waals surface area contributed by atoms with Crippen molar-refractivity contribution in [1.29, 1.82) is 0 Å². The molecule has 0 bridgehead atoms. The molecule has 2 unspecified atom stereocenters. The monoisotopic (exact) mass is 363 g/mol. The molecule has 2 atom stereocenters. The van der Waals surface area contributed by atoms with E-state index >= 15 is 0 Å². The summed E-state index contributed by atoms with van der Waals surface area (Å²) in [5.41, 5.74) is 1.80. The number of carbonyl (C=O) groups excluding carboxylic acids is 1. The van der Waals surface area contributed by atoms with Crippen molar-refractivity contribution >= 4 is 16.7 Å². The first-order chi connectivity index (χ1) is 13.1. The number of hydrogen-bond acceptors (Lipinski definition) is 3. The molecule has 1 amide bonds. The van der Waals surface area contributed by atoms with Crippen LogP contribution < -0.4 is 10.1 Å². The fourth-order valence-electron chi connectivity index (χ4n) is 3.28. The number of ether oxygens (including phenoxy) is 1. The molecule has 0 aliphatic rings. The number of aliphatic hydroxyl groups excluding tert-OH is 1. The molecular formula is C23H25NO3. The number of methoxy groups -OCH3 is 1. The van der Waals surface area contributed by atoms with Gasteiger partial charge in [-0.1, -0.05) is 61.5 Å². The second kappa shape index (κ2) is 8.69. The van der Waals surface area contributed by atoms with E-state index in [1.165, 1.54) is 0 Å². The largest absolute Gasteiger partial charge is 0.496 e. The smallest absolute Gasteiger partial charge is 0.220 e. The number of fused-ring (bicyclic) bond motifs is 1. The van der Waals surface area contributed by atoms with Crippen LogP contribution in [0.3, 0.4) is 0 Å². The Morgan fingerprint density at radius 3 is 2.52 bits per heavy atom. The first kappa shape index (κ1) is 18.9. The fourth-order valence-corrected chi connectivity index (χ4v) is 3.28. The van der Waals surface area contributed by atoms with E-state index in [4.69, 9.17) is 4.74 Å². The molecule has 0 aromatic heterocycles. The number of rotatable bonds is 7.